The monoisotopic (exact) mass is 297 g/mol. The van der Waals surface area contributed by atoms with E-state index < -0.39 is 29.3 Å². The Morgan fingerprint density at radius 2 is 1.48 bits per heavy atom. The lowest BCUT2D eigenvalue weighted by molar-refractivity contribution is 0.490. The Hall–Kier alpha value is -1.88. The Balaban J connectivity index is 2.58. The highest BCUT2D eigenvalue weighted by molar-refractivity contribution is 5.36. The summed E-state index contributed by atoms with van der Waals surface area (Å²) in [5.41, 5.74) is 0.706. The molecule has 0 aliphatic heterocycles. The van der Waals surface area contributed by atoms with Crippen LogP contribution in [-0.2, 0) is 0 Å². The van der Waals surface area contributed by atoms with E-state index in [1.165, 1.54) is 12.1 Å². The van der Waals surface area contributed by atoms with E-state index >= 15 is 0 Å². The van der Waals surface area contributed by atoms with Crippen LogP contribution in [0.3, 0.4) is 0 Å². The molecule has 2 rings (SSSR count). The van der Waals surface area contributed by atoms with Gasteiger partial charge in [0.25, 0.3) is 0 Å². The summed E-state index contributed by atoms with van der Waals surface area (Å²) in [6.45, 7) is 3.86. The summed E-state index contributed by atoms with van der Waals surface area (Å²) < 4.78 is 54.5. The molecule has 0 heterocycles. The van der Waals surface area contributed by atoms with Crippen molar-refractivity contribution >= 4 is 0 Å². The molecule has 21 heavy (non-hydrogen) atoms. The average Bonchev–Trinajstić information content (AvgIpc) is 2.35. The maximum atomic E-state index is 14.0. The van der Waals surface area contributed by atoms with Gasteiger partial charge in [0.05, 0.1) is 6.04 Å². The van der Waals surface area contributed by atoms with Crippen LogP contribution in [0.1, 0.15) is 29.7 Å². The molecule has 0 aliphatic rings. The average molecular weight is 297 g/mol. The van der Waals surface area contributed by atoms with E-state index in [2.05, 4.69) is 5.32 Å². The van der Waals surface area contributed by atoms with Crippen molar-refractivity contribution < 1.29 is 17.6 Å². The third kappa shape index (κ3) is 3.42. The molecule has 1 unspecified atom stereocenters. The van der Waals surface area contributed by atoms with Gasteiger partial charge in [0, 0.05) is 17.7 Å². The molecule has 1 nitrogen and oxygen atoms in total. The van der Waals surface area contributed by atoms with Crippen molar-refractivity contribution in [1.29, 1.82) is 0 Å². The highest BCUT2D eigenvalue weighted by atomic mass is 19.1. The third-order valence-corrected chi connectivity index (χ3v) is 3.14. The fourth-order valence-electron chi connectivity index (χ4n) is 2.35. The van der Waals surface area contributed by atoms with Gasteiger partial charge >= 0.3 is 0 Å². The smallest absolute Gasteiger partial charge is 0.134 e. The van der Waals surface area contributed by atoms with Crippen LogP contribution >= 0.6 is 0 Å². The van der Waals surface area contributed by atoms with Gasteiger partial charge in [-0.3, -0.25) is 0 Å². The van der Waals surface area contributed by atoms with Crippen LogP contribution < -0.4 is 5.32 Å². The summed E-state index contributed by atoms with van der Waals surface area (Å²) in [5, 5.41) is 2.90. The number of hydrogen-bond donors (Lipinski definition) is 1. The van der Waals surface area contributed by atoms with E-state index in [4.69, 9.17) is 0 Å². The molecule has 0 spiro atoms. The fourth-order valence-corrected chi connectivity index (χ4v) is 2.35. The van der Waals surface area contributed by atoms with Crippen molar-refractivity contribution in [2.24, 2.45) is 0 Å². The Morgan fingerprint density at radius 3 is 2.00 bits per heavy atom. The molecular formula is C16H15F4N. The molecule has 0 saturated heterocycles. The lowest BCUT2D eigenvalue weighted by atomic mass is 9.96. The SMILES string of the molecule is CCNC(c1cc(C)cc(F)c1)c1c(F)cc(F)cc1F. The summed E-state index contributed by atoms with van der Waals surface area (Å²) in [7, 11) is 0. The van der Waals surface area contributed by atoms with Crippen molar-refractivity contribution in [2.75, 3.05) is 6.54 Å². The quantitative estimate of drug-likeness (QED) is 0.832. The number of aryl methyl sites for hydroxylation is 1. The molecule has 0 aromatic heterocycles. The highest BCUT2D eigenvalue weighted by Crippen LogP contribution is 2.28. The first-order chi connectivity index (χ1) is 9.92. The van der Waals surface area contributed by atoms with Crippen LogP contribution in [0.2, 0.25) is 0 Å². The van der Waals surface area contributed by atoms with E-state index in [9.17, 15) is 17.6 Å². The van der Waals surface area contributed by atoms with Crippen molar-refractivity contribution in [1.82, 2.24) is 5.32 Å². The zero-order chi connectivity index (χ0) is 15.6. The molecular weight excluding hydrogens is 282 g/mol. The van der Waals surface area contributed by atoms with E-state index in [1.54, 1.807) is 19.9 Å². The number of benzene rings is 2. The van der Waals surface area contributed by atoms with Gasteiger partial charge < -0.3 is 5.32 Å². The Kier molecular flexibility index (Phi) is 4.63. The first kappa shape index (κ1) is 15.5. The van der Waals surface area contributed by atoms with Crippen LogP contribution in [-0.4, -0.2) is 6.54 Å². The highest BCUT2D eigenvalue weighted by Gasteiger charge is 2.23. The predicted octanol–water partition coefficient (Wildman–Crippen LogP) is 4.25. The normalized spacial score (nSPS) is 12.5. The summed E-state index contributed by atoms with van der Waals surface area (Å²) in [4.78, 5) is 0. The summed E-state index contributed by atoms with van der Waals surface area (Å²) in [6, 6.07) is 4.53. The van der Waals surface area contributed by atoms with Crippen LogP contribution in [0, 0.1) is 30.2 Å². The Bertz CT molecular complexity index is 611. The van der Waals surface area contributed by atoms with Gasteiger partial charge in [0.15, 0.2) is 0 Å². The number of hydrogen-bond acceptors (Lipinski definition) is 1. The molecule has 0 amide bonds. The summed E-state index contributed by atoms with van der Waals surface area (Å²) >= 11 is 0. The first-order valence-electron chi connectivity index (χ1n) is 6.57. The molecule has 0 fully saturated rings. The second-order valence-corrected chi connectivity index (χ2v) is 4.84. The first-order valence-corrected chi connectivity index (χ1v) is 6.57. The van der Waals surface area contributed by atoms with Gasteiger partial charge in [0.1, 0.15) is 23.3 Å². The molecule has 1 atom stereocenters. The van der Waals surface area contributed by atoms with Crippen molar-refractivity contribution in [2.45, 2.75) is 19.9 Å². The van der Waals surface area contributed by atoms with Crippen molar-refractivity contribution in [3.63, 3.8) is 0 Å². The number of nitrogens with one attached hydrogen (secondary N) is 1. The lowest BCUT2D eigenvalue weighted by Crippen LogP contribution is -2.24. The molecule has 2 aromatic carbocycles. The molecule has 112 valence electrons. The van der Waals surface area contributed by atoms with Crippen LogP contribution in [0.5, 0.6) is 0 Å². The van der Waals surface area contributed by atoms with Crippen LogP contribution in [0.4, 0.5) is 17.6 Å². The van der Waals surface area contributed by atoms with Crippen molar-refractivity contribution in [3.05, 3.63) is 70.3 Å². The maximum Gasteiger partial charge on any atom is 0.134 e. The zero-order valence-corrected chi connectivity index (χ0v) is 11.7. The molecule has 5 heteroatoms. The lowest BCUT2D eigenvalue weighted by Gasteiger charge is -2.21. The van der Waals surface area contributed by atoms with Gasteiger partial charge in [-0.15, -0.1) is 0 Å². The van der Waals surface area contributed by atoms with Crippen molar-refractivity contribution in [3.8, 4) is 0 Å². The molecule has 0 bridgehead atoms. The van der Waals surface area contributed by atoms with Gasteiger partial charge in [-0.05, 0) is 36.7 Å². The maximum absolute atomic E-state index is 14.0. The molecule has 0 radical (unpaired) electrons. The molecule has 1 N–H and O–H groups in total. The standard InChI is InChI=1S/C16H15F4N/c1-3-21-16(10-4-9(2)5-11(17)6-10)15-13(19)7-12(18)8-14(15)20/h4-8,16,21H,3H2,1-2H3. The van der Waals surface area contributed by atoms with E-state index in [-0.39, 0.29) is 5.56 Å². The molecule has 0 aliphatic carbocycles. The zero-order valence-electron chi connectivity index (χ0n) is 11.7. The summed E-state index contributed by atoms with van der Waals surface area (Å²) in [5.74, 6) is -3.48. The topological polar surface area (TPSA) is 12.0 Å². The second-order valence-electron chi connectivity index (χ2n) is 4.84. The number of rotatable bonds is 4. The molecule has 2 aromatic rings. The van der Waals surface area contributed by atoms with Crippen LogP contribution in [0.15, 0.2) is 30.3 Å². The minimum Gasteiger partial charge on any atom is -0.306 e. The van der Waals surface area contributed by atoms with Gasteiger partial charge in [-0.2, -0.15) is 0 Å². The van der Waals surface area contributed by atoms with Gasteiger partial charge in [0.2, 0.25) is 0 Å². The minimum atomic E-state index is -1.000. The number of halogens is 4. The fraction of sp³-hybridized carbons (Fsp3) is 0.250. The van der Waals surface area contributed by atoms with E-state index in [1.807, 2.05) is 0 Å². The second kappa shape index (κ2) is 6.26. The largest absolute Gasteiger partial charge is 0.306 e. The Labute approximate surface area is 120 Å². The van der Waals surface area contributed by atoms with Gasteiger partial charge in [-0.1, -0.05) is 13.0 Å². The van der Waals surface area contributed by atoms with E-state index in [0.29, 0.717) is 29.8 Å². The van der Waals surface area contributed by atoms with Gasteiger partial charge in [-0.25, -0.2) is 17.6 Å². The summed E-state index contributed by atoms with van der Waals surface area (Å²) in [6.07, 6.45) is 0. The third-order valence-electron chi connectivity index (χ3n) is 3.14. The Morgan fingerprint density at radius 1 is 0.905 bits per heavy atom. The minimum absolute atomic E-state index is 0.316. The van der Waals surface area contributed by atoms with E-state index in [0.717, 1.165) is 0 Å². The van der Waals surface area contributed by atoms with Crippen LogP contribution in [0.25, 0.3) is 0 Å². The predicted molar refractivity (Wildman–Crippen MR) is 73.0 cm³/mol. The molecule has 0 saturated carbocycles.